The fraction of sp³-hybridized carbons (Fsp3) is 0.100. The van der Waals surface area contributed by atoms with Crippen LogP contribution >= 0.6 is 0 Å². The van der Waals surface area contributed by atoms with Crippen LogP contribution in [-0.4, -0.2) is 15.9 Å². The van der Waals surface area contributed by atoms with E-state index >= 15 is 0 Å². The molecule has 2 heterocycles. The van der Waals surface area contributed by atoms with Crippen LogP contribution in [0.15, 0.2) is 65.2 Å². The Balaban J connectivity index is 1.52. The number of aromatic amines is 1. The number of ether oxygens (including phenoxy) is 1. The van der Waals surface area contributed by atoms with Crippen molar-refractivity contribution in [2.45, 2.75) is 13.5 Å². The summed E-state index contributed by atoms with van der Waals surface area (Å²) in [7, 11) is 0. The molecule has 4 rings (SSSR count). The van der Waals surface area contributed by atoms with Gasteiger partial charge in [-0.1, -0.05) is 36.4 Å². The Kier molecular flexibility index (Phi) is 3.82. The van der Waals surface area contributed by atoms with Crippen molar-refractivity contribution in [1.82, 2.24) is 9.97 Å². The van der Waals surface area contributed by atoms with E-state index in [2.05, 4.69) is 9.97 Å². The van der Waals surface area contributed by atoms with Crippen molar-refractivity contribution in [2.24, 2.45) is 0 Å². The molecule has 4 aromatic rings. The zero-order valence-corrected chi connectivity index (χ0v) is 13.7. The van der Waals surface area contributed by atoms with Crippen LogP contribution in [0.5, 0.6) is 0 Å². The second kappa shape index (κ2) is 6.28. The topological polar surface area (TPSA) is 68.1 Å². The third-order valence-corrected chi connectivity index (χ3v) is 4.06. The lowest BCUT2D eigenvalue weighted by Crippen LogP contribution is -2.05. The molecule has 0 spiro atoms. The van der Waals surface area contributed by atoms with E-state index in [1.165, 1.54) is 0 Å². The highest BCUT2D eigenvalue weighted by Crippen LogP contribution is 2.23. The lowest BCUT2D eigenvalue weighted by atomic mass is 10.2. The van der Waals surface area contributed by atoms with Gasteiger partial charge in [0, 0.05) is 22.7 Å². The molecule has 124 valence electrons. The number of oxazole rings is 1. The second-order valence-electron chi connectivity index (χ2n) is 5.71. The molecule has 0 fully saturated rings. The summed E-state index contributed by atoms with van der Waals surface area (Å²) in [6, 6.07) is 17.2. The van der Waals surface area contributed by atoms with Gasteiger partial charge in [-0.3, -0.25) is 0 Å². The van der Waals surface area contributed by atoms with Crippen molar-refractivity contribution in [1.29, 1.82) is 0 Å². The largest absolute Gasteiger partial charge is 0.455 e. The molecule has 0 aliphatic heterocycles. The van der Waals surface area contributed by atoms with Crippen LogP contribution in [-0.2, 0) is 11.3 Å². The Morgan fingerprint density at radius 1 is 1.12 bits per heavy atom. The predicted molar refractivity (Wildman–Crippen MR) is 94.1 cm³/mol. The average Bonchev–Trinajstić information content (AvgIpc) is 3.24. The molecule has 5 heteroatoms. The van der Waals surface area contributed by atoms with Gasteiger partial charge in [0.15, 0.2) is 0 Å². The number of para-hydroxylation sites is 1. The van der Waals surface area contributed by atoms with E-state index in [0.717, 1.165) is 16.5 Å². The van der Waals surface area contributed by atoms with Gasteiger partial charge in [0.05, 0.1) is 5.56 Å². The van der Waals surface area contributed by atoms with Gasteiger partial charge >= 0.3 is 5.97 Å². The van der Waals surface area contributed by atoms with Crippen molar-refractivity contribution in [3.63, 3.8) is 0 Å². The maximum absolute atomic E-state index is 12.4. The minimum Gasteiger partial charge on any atom is -0.455 e. The minimum atomic E-state index is -0.388. The molecule has 0 bridgehead atoms. The average molecular weight is 332 g/mol. The monoisotopic (exact) mass is 332 g/mol. The molecular formula is C20H16N2O3. The third-order valence-electron chi connectivity index (χ3n) is 4.06. The van der Waals surface area contributed by atoms with E-state index < -0.39 is 0 Å². The molecule has 25 heavy (non-hydrogen) atoms. The zero-order valence-electron chi connectivity index (χ0n) is 13.7. The number of nitrogens with zero attached hydrogens (tertiary/aromatic N) is 1. The van der Waals surface area contributed by atoms with Gasteiger partial charge in [-0.2, -0.15) is 0 Å². The van der Waals surface area contributed by atoms with E-state index in [-0.39, 0.29) is 12.6 Å². The highest BCUT2D eigenvalue weighted by molar-refractivity contribution is 6.03. The number of carbonyl (C=O) groups excluding carboxylic acids is 1. The second-order valence-corrected chi connectivity index (χ2v) is 5.71. The molecule has 2 aromatic heterocycles. The maximum Gasteiger partial charge on any atom is 0.340 e. The van der Waals surface area contributed by atoms with E-state index in [1.54, 1.807) is 6.20 Å². The summed E-state index contributed by atoms with van der Waals surface area (Å²) < 4.78 is 11.1. The molecule has 0 saturated heterocycles. The first-order chi connectivity index (χ1) is 12.2. The lowest BCUT2D eigenvalue weighted by molar-refractivity contribution is 0.0469. The van der Waals surface area contributed by atoms with Crippen LogP contribution in [0.3, 0.4) is 0 Å². The first kappa shape index (κ1) is 15.2. The molecule has 0 aliphatic carbocycles. The van der Waals surface area contributed by atoms with E-state index in [0.29, 0.717) is 22.9 Å². The van der Waals surface area contributed by atoms with Gasteiger partial charge in [0.2, 0.25) is 5.89 Å². The molecule has 2 aromatic carbocycles. The number of aryl methyl sites for hydroxylation is 1. The van der Waals surface area contributed by atoms with E-state index in [4.69, 9.17) is 9.15 Å². The molecule has 0 amide bonds. The van der Waals surface area contributed by atoms with Crippen LogP contribution in [0.2, 0.25) is 0 Å². The van der Waals surface area contributed by atoms with Crippen molar-refractivity contribution in [3.8, 4) is 11.5 Å². The number of hydrogen-bond donors (Lipinski definition) is 1. The van der Waals surface area contributed by atoms with Crippen molar-refractivity contribution >= 4 is 16.9 Å². The SMILES string of the molecule is Cc1oc(-c2ccccc2)nc1COC(=O)c1c[nH]c2ccccc12. The molecule has 0 aliphatic rings. The molecule has 0 unspecified atom stereocenters. The Labute approximate surface area is 144 Å². The smallest absolute Gasteiger partial charge is 0.340 e. The number of aromatic nitrogens is 2. The predicted octanol–water partition coefficient (Wildman–Crippen LogP) is 4.49. The number of esters is 1. The standard InChI is InChI=1S/C20H16N2O3/c1-13-18(22-19(25-13)14-7-3-2-4-8-14)12-24-20(23)16-11-21-17-10-6-5-9-15(16)17/h2-11,21H,12H2,1H3. The first-order valence-electron chi connectivity index (χ1n) is 7.97. The zero-order chi connectivity index (χ0) is 17.2. The van der Waals surface area contributed by atoms with Crippen LogP contribution in [0.25, 0.3) is 22.4 Å². The van der Waals surface area contributed by atoms with Crippen LogP contribution in [0.4, 0.5) is 0 Å². The summed E-state index contributed by atoms with van der Waals surface area (Å²) in [5, 5.41) is 0.842. The molecule has 0 atom stereocenters. The Morgan fingerprint density at radius 3 is 2.72 bits per heavy atom. The molecule has 0 radical (unpaired) electrons. The van der Waals surface area contributed by atoms with Gasteiger partial charge < -0.3 is 14.1 Å². The summed E-state index contributed by atoms with van der Waals surface area (Å²) >= 11 is 0. The number of rotatable bonds is 4. The molecule has 0 saturated carbocycles. The van der Waals surface area contributed by atoms with Crippen molar-refractivity contribution < 1.29 is 13.9 Å². The van der Waals surface area contributed by atoms with E-state index in [9.17, 15) is 4.79 Å². The molecule has 1 N–H and O–H groups in total. The molecular weight excluding hydrogens is 316 g/mol. The van der Waals surface area contributed by atoms with Crippen LogP contribution in [0.1, 0.15) is 21.8 Å². The summed E-state index contributed by atoms with van der Waals surface area (Å²) in [6.45, 7) is 1.88. The number of H-pyrrole nitrogens is 1. The van der Waals surface area contributed by atoms with Gasteiger partial charge in [0.25, 0.3) is 0 Å². The van der Waals surface area contributed by atoms with Crippen molar-refractivity contribution in [3.05, 3.63) is 77.8 Å². The summed E-state index contributed by atoms with van der Waals surface area (Å²) in [5.74, 6) is 0.780. The first-order valence-corrected chi connectivity index (χ1v) is 7.97. The third kappa shape index (κ3) is 2.92. The lowest BCUT2D eigenvalue weighted by Gasteiger charge is -2.02. The number of nitrogens with one attached hydrogen (secondary N) is 1. The van der Waals surface area contributed by atoms with Crippen molar-refractivity contribution in [2.75, 3.05) is 0 Å². The van der Waals surface area contributed by atoms with Gasteiger partial charge in [-0.15, -0.1) is 0 Å². The maximum atomic E-state index is 12.4. The Bertz CT molecular complexity index is 1030. The molecule has 5 nitrogen and oxygen atoms in total. The van der Waals surface area contributed by atoms with Gasteiger partial charge in [-0.05, 0) is 25.1 Å². The fourth-order valence-corrected chi connectivity index (χ4v) is 2.72. The Morgan fingerprint density at radius 2 is 1.88 bits per heavy atom. The summed E-state index contributed by atoms with van der Waals surface area (Å²) in [6.07, 6.45) is 1.66. The summed E-state index contributed by atoms with van der Waals surface area (Å²) in [4.78, 5) is 19.9. The highest BCUT2D eigenvalue weighted by atomic mass is 16.5. The van der Waals surface area contributed by atoms with Crippen LogP contribution < -0.4 is 0 Å². The van der Waals surface area contributed by atoms with E-state index in [1.807, 2.05) is 61.5 Å². The van der Waals surface area contributed by atoms with Gasteiger partial charge in [0.1, 0.15) is 18.1 Å². The number of fused-ring (bicyclic) bond motifs is 1. The minimum absolute atomic E-state index is 0.0699. The summed E-state index contributed by atoms with van der Waals surface area (Å²) in [5.41, 5.74) is 2.92. The quantitative estimate of drug-likeness (QED) is 0.559. The van der Waals surface area contributed by atoms with Crippen LogP contribution in [0, 0.1) is 6.92 Å². The number of carbonyl (C=O) groups is 1. The fourth-order valence-electron chi connectivity index (χ4n) is 2.72. The highest BCUT2D eigenvalue weighted by Gasteiger charge is 2.16. The van der Waals surface area contributed by atoms with Gasteiger partial charge in [-0.25, -0.2) is 9.78 Å². The number of hydrogen-bond acceptors (Lipinski definition) is 4. The normalized spacial score (nSPS) is 10.9. The Hall–Kier alpha value is -3.34. The number of benzene rings is 2.